The van der Waals surface area contributed by atoms with E-state index in [0.29, 0.717) is 5.75 Å². The molecule has 0 fully saturated rings. The second kappa shape index (κ2) is 5.89. The van der Waals surface area contributed by atoms with E-state index < -0.39 is 18.2 Å². The van der Waals surface area contributed by atoms with Gasteiger partial charge < -0.3 is 14.6 Å². The third kappa shape index (κ3) is 4.14. The molecule has 1 aromatic carbocycles. The Morgan fingerprint density at radius 3 is 2.35 bits per heavy atom. The number of aryl methyl sites for hydroxylation is 1. The first-order valence-electron chi connectivity index (χ1n) is 5.21. The van der Waals surface area contributed by atoms with Gasteiger partial charge in [-0.1, -0.05) is 24.6 Å². The monoisotopic (exact) mass is 238 g/mol. The molecule has 1 N–H and O–H groups in total. The average molecular weight is 238 g/mol. The summed E-state index contributed by atoms with van der Waals surface area (Å²) in [5, 5.41) is 8.69. The van der Waals surface area contributed by atoms with Gasteiger partial charge in [-0.05, 0) is 25.5 Å². The number of carbonyl (C=O) groups is 2. The lowest BCUT2D eigenvalue weighted by Crippen LogP contribution is -2.27. The average Bonchev–Trinajstić information content (AvgIpc) is 2.28. The molecule has 1 atom stereocenters. The van der Waals surface area contributed by atoms with Gasteiger partial charge in [-0.25, -0.2) is 9.59 Å². The minimum absolute atomic E-state index is 0.193. The molecule has 17 heavy (non-hydrogen) atoms. The zero-order valence-electron chi connectivity index (χ0n) is 9.67. The number of hydrogen-bond donors (Lipinski definition) is 1. The second-order valence-electron chi connectivity index (χ2n) is 3.52. The van der Waals surface area contributed by atoms with E-state index in [4.69, 9.17) is 9.84 Å². The molecule has 0 saturated heterocycles. The molecule has 5 heteroatoms. The minimum Gasteiger partial charge on any atom is -0.479 e. The summed E-state index contributed by atoms with van der Waals surface area (Å²) in [6.45, 7) is 3.51. The van der Waals surface area contributed by atoms with Crippen LogP contribution in [0.15, 0.2) is 24.3 Å². The van der Waals surface area contributed by atoms with Crippen LogP contribution in [-0.4, -0.2) is 23.3 Å². The van der Waals surface area contributed by atoms with Gasteiger partial charge in [0.2, 0.25) is 6.10 Å². The lowest BCUT2D eigenvalue weighted by molar-refractivity contribution is -0.147. The molecule has 0 heterocycles. The molecule has 0 aliphatic heterocycles. The van der Waals surface area contributed by atoms with Crippen molar-refractivity contribution in [3.8, 4) is 5.75 Å². The predicted molar refractivity (Wildman–Crippen MR) is 60.0 cm³/mol. The summed E-state index contributed by atoms with van der Waals surface area (Å²) < 4.78 is 9.46. The van der Waals surface area contributed by atoms with Gasteiger partial charge >= 0.3 is 12.1 Å². The van der Waals surface area contributed by atoms with Gasteiger partial charge in [0.05, 0.1) is 0 Å². The Bertz CT molecular complexity index is 396. The van der Waals surface area contributed by atoms with Crippen molar-refractivity contribution in [2.24, 2.45) is 0 Å². The van der Waals surface area contributed by atoms with E-state index in [9.17, 15) is 9.59 Å². The number of benzene rings is 1. The first kappa shape index (κ1) is 13.0. The fraction of sp³-hybridized carbons (Fsp3) is 0.333. The number of hydrogen-bond acceptors (Lipinski definition) is 4. The Morgan fingerprint density at radius 2 is 1.88 bits per heavy atom. The van der Waals surface area contributed by atoms with Crippen molar-refractivity contribution in [2.45, 2.75) is 26.4 Å². The molecule has 0 amide bonds. The fourth-order valence-electron chi connectivity index (χ4n) is 1.15. The van der Waals surface area contributed by atoms with Crippen molar-refractivity contribution in [3.05, 3.63) is 29.8 Å². The topological polar surface area (TPSA) is 72.8 Å². The van der Waals surface area contributed by atoms with Gasteiger partial charge in [0.1, 0.15) is 5.75 Å². The molecule has 0 aromatic heterocycles. The van der Waals surface area contributed by atoms with Crippen molar-refractivity contribution in [2.75, 3.05) is 0 Å². The van der Waals surface area contributed by atoms with Crippen LogP contribution in [0.1, 0.15) is 18.9 Å². The molecule has 1 aromatic rings. The Morgan fingerprint density at radius 1 is 1.29 bits per heavy atom. The Hall–Kier alpha value is -2.04. The molecule has 1 rings (SSSR count). The van der Waals surface area contributed by atoms with E-state index in [-0.39, 0.29) is 6.42 Å². The van der Waals surface area contributed by atoms with Crippen molar-refractivity contribution in [3.63, 3.8) is 0 Å². The molecule has 5 nitrogen and oxygen atoms in total. The highest BCUT2D eigenvalue weighted by Gasteiger charge is 2.21. The molecule has 1 unspecified atom stereocenters. The van der Waals surface area contributed by atoms with Crippen LogP contribution in [0.3, 0.4) is 0 Å². The van der Waals surface area contributed by atoms with Crippen molar-refractivity contribution >= 4 is 12.1 Å². The van der Waals surface area contributed by atoms with Crippen molar-refractivity contribution in [1.82, 2.24) is 0 Å². The van der Waals surface area contributed by atoms with Crippen LogP contribution in [0.25, 0.3) is 0 Å². The summed E-state index contributed by atoms with van der Waals surface area (Å²) in [4.78, 5) is 21.9. The van der Waals surface area contributed by atoms with Gasteiger partial charge in [0.25, 0.3) is 0 Å². The molecule has 0 aliphatic carbocycles. The van der Waals surface area contributed by atoms with E-state index in [1.807, 2.05) is 6.92 Å². The standard InChI is InChI=1S/C12H14O5/c1-3-10(11(13)14)17-12(15)16-9-6-4-8(2)5-7-9/h4-7,10H,3H2,1-2H3,(H,13,14). The summed E-state index contributed by atoms with van der Waals surface area (Å²) >= 11 is 0. The lowest BCUT2D eigenvalue weighted by Gasteiger charge is -2.11. The minimum atomic E-state index is -1.19. The molecule has 0 saturated carbocycles. The van der Waals surface area contributed by atoms with Gasteiger partial charge in [-0.3, -0.25) is 0 Å². The number of carboxylic acid groups (broad SMARTS) is 1. The Kier molecular flexibility index (Phi) is 4.51. The lowest BCUT2D eigenvalue weighted by atomic mass is 10.2. The van der Waals surface area contributed by atoms with E-state index in [0.717, 1.165) is 5.56 Å². The van der Waals surface area contributed by atoms with Crippen LogP contribution in [0.2, 0.25) is 0 Å². The van der Waals surface area contributed by atoms with E-state index in [1.165, 1.54) is 0 Å². The van der Waals surface area contributed by atoms with E-state index >= 15 is 0 Å². The number of aliphatic carboxylic acids is 1. The van der Waals surface area contributed by atoms with Gasteiger partial charge in [0.15, 0.2) is 0 Å². The molecule has 0 radical (unpaired) electrons. The number of rotatable bonds is 4. The molecular formula is C12H14O5. The second-order valence-corrected chi connectivity index (χ2v) is 3.52. The highest BCUT2D eigenvalue weighted by molar-refractivity contribution is 5.76. The molecule has 0 spiro atoms. The van der Waals surface area contributed by atoms with E-state index in [1.54, 1.807) is 31.2 Å². The summed E-state index contributed by atoms with van der Waals surface area (Å²) in [6, 6.07) is 6.77. The summed E-state index contributed by atoms with van der Waals surface area (Å²) in [6.07, 6.45) is -1.99. The smallest absolute Gasteiger partial charge is 0.479 e. The zero-order valence-corrected chi connectivity index (χ0v) is 9.67. The first-order chi connectivity index (χ1) is 8.02. The van der Waals surface area contributed by atoms with Gasteiger partial charge in [0, 0.05) is 0 Å². The normalized spacial score (nSPS) is 11.6. The molecule has 0 aliphatic rings. The van der Waals surface area contributed by atoms with Crippen LogP contribution in [0.4, 0.5) is 4.79 Å². The highest BCUT2D eigenvalue weighted by atomic mass is 16.7. The summed E-state index contributed by atoms with van der Waals surface area (Å²) in [7, 11) is 0. The largest absolute Gasteiger partial charge is 0.514 e. The van der Waals surface area contributed by atoms with Crippen LogP contribution in [-0.2, 0) is 9.53 Å². The third-order valence-corrected chi connectivity index (χ3v) is 2.11. The van der Waals surface area contributed by atoms with Crippen molar-refractivity contribution in [1.29, 1.82) is 0 Å². The highest BCUT2D eigenvalue weighted by Crippen LogP contribution is 2.12. The van der Waals surface area contributed by atoms with Crippen LogP contribution in [0.5, 0.6) is 5.75 Å². The summed E-state index contributed by atoms with van der Waals surface area (Å²) in [5.74, 6) is -0.866. The van der Waals surface area contributed by atoms with Gasteiger partial charge in [-0.2, -0.15) is 0 Å². The number of carboxylic acids is 1. The quantitative estimate of drug-likeness (QED) is 0.644. The predicted octanol–water partition coefficient (Wildman–Crippen LogP) is 2.37. The third-order valence-electron chi connectivity index (χ3n) is 2.11. The zero-order chi connectivity index (χ0) is 12.8. The van der Waals surface area contributed by atoms with E-state index in [2.05, 4.69) is 4.74 Å². The Balaban J connectivity index is 2.54. The van der Waals surface area contributed by atoms with Crippen LogP contribution >= 0.6 is 0 Å². The maximum absolute atomic E-state index is 11.3. The number of ether oxygens (including phenoxy) is 2. The first-order valence-corrected chi connectivity index (χ1v) is 5.21. The maximum atomic E-state index is 11.3. The van der Waals surface area contributed by atoms with Crippen molar-refractivity contribution < 1.29 is 24.2 Å². The molecular weight excluding hydrogens is 224 g/mol. The van der Waals surface area contributed by atoms with Crippen LogP contribution in [0, 0.1) is 6.92 Å². The molecule has 92 valence electrons. The summed E-state index contributed by atoms with van der Waals surface area (Å²) in [5.41, 5.74) is 1.03. The Labute approximate surface area is 99.0 Å². The SMILES string of the molecule is CCC(OC(=O)Oc1ccc(C)cc1)C(=O)O. The molecule has 0 bridgehead atoms. The van der Waals surface area contributed by atoms with Gasteiger partial charge in [-0.15, -0.1) is 0 Å². The maximum Gasteiger partial charge on any atom is 0.514 e. The number of carbonyl (C=O) groups excluding carboxylic acids is 1. The van der Waals surface area contributed by atoms with Crippen LogP contribution < -0.4 is 4.74 Å². The fourth-order valence-corrected chi connectivity index (χ4v) is 1.15.